The van der Waals surface area contributed by atoms with E-state index in [2.05, 4.69) is 34.3 Å². The van der Waals surface area contributed by atoms with Crippen LogP contribution in [0.3, 0.4) is 0 Å². The number of esters is 4. The van der Waals surface area contributed by atoms with Gasteiger partial charge in [-0.05, 0) is 148 Å². The van der Waals surface area contributed by atoms with Gasteiger partial charge in [0.1, 0.15) is 23.0 Å². The molecule has 0 radical (unpaired) electrons. The van der Waals surface area contributed by atoms with Gasteiger partial charge < -0.3 is 28.4 Å². The van der Waals surface area contributed by atoms with Crippen molar-refractivity contribution in [3.8, 4) is 23.0 Å². The highest BCUT2D eigenvalue weighted by molar-refractivity contribution is 5.96. The lowest BCUT2D eigenvalue weighted by atomic mass is 10.1. The summed E-state index contributed by atoms with van der Waals surface area (Å²) in [4.78, 5) is 55.7. The Kier molecular flexibility index (Phi) is 19.9. The normalized spacial score (nSPS) is 12.0. The number of unbranched alkanes of at least 4 members (excludes halogenated alkanes) is 6. The summed E-state index contributed by atoms with van der Waals surface area (Å²) in [5, 5.41) is 17.1. The molecule has 2 atom stereocenters. The molecule has 0 saturated carbocycles. The monoisotopic (exact) mass is 946 g/mol. The molecule has 0 aliphatic rings. The molecule has 0 fully saturated rings. The van der Waals surface area contributed by atoms with Crippen molar-refractivity contribution in [3.05, 3.63) is 168 Å². The first-order chi connectivity index (χ1) is 34.1. The van der Waals surface area contributed by atoms with E-state index in [1.54, 1.807) is 72.8 Å². The Labute approximate surface area is 408 Å². The van der Waals surface area contributed by atoms with Crippen LogP contribution >= 0.6 is 0 Å². The standard InChI is InChI=1S/C56H58N4O10/c1-5-7-9-11-37-65-47-29-21-43(22-30-47)57-59-45-25-33-49(34-26-45)67-55(63)51(69-53(61)41-17-13-39(3)14-18-41)52(70-54(62)42-19-15-40(4)16-20-42)56(64)68-50-35-27-46(28-36-50)60-58-44-23-31-48(32-24-44)66-38-12-10-8-6-2/h13-36,51-52H,5-12,37-38H2,1-4H3/t51-,52-/m1/s1. The van der Waals surface area contributed by atoms with Crippen LogP contribution in [0.25, 0.3) is 0 Å². The van der Waals surface area contributed by atoms with E-state index in [4.69, 9.17) is 28.4 Å². The van der Waals surface area contributed by atoms with Crippen LogP contribution in [0.15, 0.2) is 166 Å². The highest BCUT2D eigenvalue weighted by Crippen LogP contribution is 2.27. The summed E-state index contributed by atoms with van der Waals surface area (Å²) in [6, 6.07) is 39.2. The van der Waals surface area contributed by atoms with Crippen LogP contribution in [0.2, 0.25) is 0 Å². The maximum absolute atomic E-state index is 14.2. The molecular weight excluding hydrogens is 889 g/mol. The summed E-state index contributed by atoms with van der Waals surface area (Å²) in [5.41, 5.74) is 3.92. The maximum Gasteiger partial charge on any atom is 0.357 e. The molecule has 362 valence electrons. The first-order valence-corrected chi connectivity index (χ1v) is 23.5. The average molecular weight is 947 g/mol. The molecule has 14 nitrogen and oxygen atoms in total. The predicted molar refractivity (Wildman–Crippen MR) is 265 cm³/mol. The summed E-state index contributed by atoms with van der Waals surface area (Å²) in [6.07, 6.45) is 4.62. The second-order valence-electron chi connectivity index (χ2n) is 16.4. The molecular formula is C56H58N4O10. The molecule has 0 spiro atoms. The number of azo groups is 2. The highest BCUT2D eigenvalue weighted by Gasteiger charge is 2.44. The molecule has 6 aromatic carbocycles. The second-order valence-corrected chi connectivity index (χ2v) is 16.4. The Bertz CT molecular complexity index is 2470. The van der Waals surface area contributed by atoms with E-state index in [0.29, 0.717) is 36.0 Å². The summed E-state index contributed by atoms with van der Waals surface area (Å²) in [7, 11) is 0. The van der Waals surface area contributed by atoms with Crippen LogP contribution in [-0.4, -0.2) is 49.3 Å². The van der Waals surface area contributed by atoms with Gasteiger partial charge >= 0.3 is 23.9 Å². The van der Waals surface area contributed by atoms with Crippen molar-refractivity contribution in [2.24, 2.45) is 20.5 Å². The van der Waals surface area contributed by atoms with Gasteiger partial charge in [-0.15, -0.1) is 0 Å². The summed E-state index contributed by atoms with van der Waals surface area (Å²) < 4.78 is 34.4. The van der Waals surface area contributed by atoms with E-state index in [1.165, 1.54) is 61.4 Å². The molecule has 0 bridgehead atoms. The highest BCUT2D eigenvalue weighted by atomic mass is 16.6. The van der Waals surface area contributed by atoms with Crippen LogP contribution in [0.1, 0.15) is 97.1 Å². The van der Waals surface area contributed by atoms with Gasteiger partial charge in [0.2, 0.25) is 12.2 Å². The zero-order valence-electron chi connectivity index (χ0n) is 40.0. The van der Waals surface area contributed by atoms with E-state index < -0.39 is 36.1 Å². The van der Waals surface area contributed by atoms with Crippen molar-refractivity contribution in [1.29, 1.82) is 0 Å². The van der Waals surface area contributed by atoms with Crippen LogP contribution in [0.4, 0.5) is 22.7 Å². The smallest absolute Gasteiger partial charge is 0.357 e. The number of hydrogen-bond donors (Lipinski definition) is 0. The van der Waals surface area contributed by atoms with Crippen molar-refractivity contribution in [2.75, 3.05) is 13.2 Å². The van der Waals surface area contributed by atoms with Crippen LogP contribution in [0.5, 0.6) is 23.0 Å². The zero-order chi connectivity index (χ0) is 49.5. The SMILES string of the molecule is CCCCCCOc1ccc(N=Nc2ccc(OC(=O)[C@H](OC(=O)c3ccc(C)cc3)[C@@H](OC(=O)c3ccc(C)cc3)C(=O)Oc3ccc(N=Nc4ccc(OCCCCCC)cc4)cc3)cc2)cc1. The molecule has 6 aromatic rings. The van der Waals surface area contributed by atoms with Gasteiger partial charge in [0.05, 0.1) is 47.1 Å². The molecule has 0 saturated heterocycles. The van der Waals surface area contributed by atoms with Gasteiger partial charge in [0.15, 0.2) is 0 Å². The molecule has 0 aliphatic heterocycles. The largest absolute Gasteiger partial charge is 0.494 e. The van der Waals surface area contributed by atoms with Gasteiger partial charge in [-0.3, -0.25) is 0 Å². The van der Waals surface area contributed by atoms with E-state index in [-0.39, 0.29) is 22.6 Å². The van der Waals surface area contributed by atoms with E-state index in [0.717, 1.165) is 61.2 Å². The Hall–Kier alpha value is -8.00. The molecule has 14 heteroatoms. The van der Waals surface area contributed by atoms with Crippen LogP contribution in [0, 0.1) is 13.8 Å². The molecule has 0 heterocycles. The van der Waals surface area contributed by atoms with Crippen molar-refractivity contribution >= 4 is 46.6 Å². The van der Waals surface area contributed by atoms with Crippen molar-refractivity contribution in [1.82, 2.24) is 0 Å². The van der Waals surface area contributed by atoms with Crippen LogP contribution in [-0.2, 0) is 19.1 Å². The van der Waals surface area contributed by atoms with Crippen molar-refractivity contribution < 1.29 is 47.6 Å². The predicted octanol–water partition coefficient (Wildman–Crippen LogP) is 14.0. The minimum Gasteiger partial charge on any atom is -0.494 e. The number of benzene rings is 6. The average Bonchev–Trinajstić information content (AvgIpc) is 3.37. The van der Waals surface area contributed by atoms with Gasteiger partial charge in [0, 0.05) is 0 Å². The Balaban J connectivity index is 1.18. The molecule has 6 rings (SSSR count). The van der Waals surface area contributed by atoms with E-state index in [9.17, 15) is 19.2 Å². The molecule has 0 N–H and O–H groups in total. The number of hydrogen-bond acceptors (Lipinski definition) is 14. The minimum absolute atomic E-state index is 0.00425. The number of carbonyl (C=O) groups is 4. The van der Waals surface area contributed by atoms with Gasteiger partial charge in [-0.1, -0.05) is 87.8 Å². The summed E-state index contributed by atoms with van der Waals surface area (Å²) in [5.74, 6) is -2.95. The number of ether oxygens (including phenoxy) is 6. The van der Waals surface area contributed by atoms with Gasteiger partial charge in [-0.25, -0.2) is 19.2 Å². The van der Waals surface area contributed by atoms with Crippen LogP contribution < -0.4 is 18.9 Å². The lowest BCUT2D eigenvalue weighted by molar-refractivity contribution is -0.163. The zero-order valence-corrected chi connectivity index (χ0v) is 40.0. The Morgan fingerprint density at radius 1 is 0.386 bits per heavy atom. The quantitative estimate of drug-likeness (QED) is 0.0233. The lowest BCUT2D eigenvalue weighted by Crippen LogP contribution is -2.49. The molecule has 0 aliphatic carbocycles. The van der Waals surface area contributed by atoms with E-state index >= 15 is 0 Å². The number of carbonyl (C=O) groups excluding carboxylic acids is 4. The second kappa shape index (κ2) is 27.1. The fraction of sp³-hybridized carbons (Fsp3) is 0.286. The molecule has 70 heavy (non-hydrogen) atoms. The van der Waals surface area contributed by atoms with E-state index in [1.807, 2.05) is 38.1 Å². The Morgan fingerprint density at radius 3 is 0.986 bits per heavy atom. The molecule has 0 amide bonds. The fourth-order valence-electron chi connectivity index (χ4n) is 6.61. The topological polar surface area (TPSA) is 173 Å². The minimum atomic E-state index is -2.15. The number of nitrogens with zero attached hydrogens (tertiary/aromatic N) is 4. The first kappa shape index (κ1) is 51.4. The fourth-order valence-corrected chi connectivity index (χ4v) is 6.61. The first-order valence-electron chi connectivity index (χ1n) is 23.5. The third kappa shape index (κ3) is 16.7. The molecule has 0 unspecified atom stereocenters. The maximum atomic E-state index is 14.2. The summed E-state index contributed by atoms with van der Waals surface area (Å²) in [6.45, 7) is 9.30. The molecule has 0 aromatic heterocycles. The number of rotatable bonds is 25. The van der Waals surface area contributed by atoms with Gasteiger partial charge in [0.25, 0.3) is 0 Å². The van der Waals surface area contributed by atoms with Crippen molar-refractivity contribution in [3.63, 3.8) is 0 Å². The Morgan fingerprint density at radius 2 is 0.686 bits per heavy atom. The third-order valence-electron chi connectivity index (χ3n) is 10.7. The number of aryl methyl sites for hydroxylation is 2. The van der Waals surface area contributed by atoms with Crippen molar-refractivity contribution in [2.45, 2.75) is 91.3 Å². The lowest BCUT2D eigenvalue weighted by Gasteiger charge is -2.24. The summed E-state index contributed by atoms with van der Waals surface area (Å²) >= 11 is 0. The third-order valence-corrected chi connectivity index (χ3v) is 10.7. The van der Waals surface area contributed by atoms with Gasteiger partial charge in [-0.2, -0.15) is 20.5 Å².